The second kappa shape index (κ2) is 6.70. The lowest BCUT2D eigenvalue weighted by molar-refractivity contribution is 0.483. The summed E-state index contributed by atoms with van der Waals surface area (Å²) in [5, 5.41) is 12.9. The maximum absolute atomic E-state index is 5.34. The van der Waals surface area contributed by atoms with E-state index in [9.17, 15) is 0 Å². The normalized spacial score (nSPS) is 11.4. The molecule has 3 aromatic heterocycles. The minimum absolute atomic E-state index is 0.725. The fraction of sp³-hybridized carbons (Fsp3) is 0.0909. The molecule has 5 rings (SSSR count). The Morgan fingerprint density at radius 1 is 0.926 bits per heavy atom. The lowest BCUT2D eigenvalue weighted by Crippen LogP contribution is -2.11. The zero-order valence-electron chi connectivity index (χ0n) is 14.7. The molecule has 0 unspecified atom stereocenters. The number of hydrogen-bond donors (Lipinski definition) is 1. The van der Waals surface area contributed by atoms with Crippen molar-refractivity contribution in [3.05, 3.63) is 90.6 Å². The molecule has 0 radical (unpaired) electrons. The van der Waals surface area contributed by atoms with Gasteiger partial charge >= 0.3 is 0 Å². The smallest absolute Gasteiger partial charge is 0.161 e. The van der Waals surface area contributed by atoms with Crippen molar-refractivity contribution in [2.75, 3.05) is 0 Å². The summed E-state index contributed by atoms with van der Waals surface area (Å²) in [5.41, 5.74) is 5.54. The summed E-state index contributed by atoms with van der Waals surface area (Å²) in [6.07, 6.45) is 3.46. The second-order valence-electron chi connectivity index (χ2n) is 6.51. The van der Waals surface area contributed by atoms with Gasteiger partial charge in [0.2, 0.25) is 0 Å². The molecule has 27 heavy (non-hydrogen) atoms. The van der Waals surface area contributed by atoms with Gasteiger partial charge < -0.3 is 9.73 Å². The van der Waals surface area contributed by atoms with E-state index in [1.165, 1.54) is 22.1 Å². The van der Waals surface area contributed by atoms with Crippen molar-refractivity contribution in [3.8, 4) is 11.1 Å². The van der Waals surface area contributed by atoms with Gasteiger partial charge in [0.25, 0.3) is 0 Å². The van der Waals surface area contributed by atoms with Gasteiger partial charge in [-0.2, -0.15) is 0 Å². The number of benzene rings is 2. The number of aromatic nitrogens is 3. The Balaban J connectivity index is 1.44. The third-order valence-electron chi connectivity index (χ3n) is 4.77. The van der Waals surface area contributed by atoms with E-state index in [1.54, 1.807) is 12.6 Å². The molecule has 1 N–H and O–H groups in total. The molecule has 0 saturated heterocycles. The van der Waals surface area contributed by atoms with Gasteiger partial charge in [0.1, 0.15) is 12.1 Å². The maximum atomic E-state index is 5.34. The standard InChI is InChI=1S/C22H18N4O/c1-2-6-21-19(5-1)20(12-22-25-24-15-26(21)22)17-9-7-16(8-10-17)13-23-14-18-4-3-11-27-18/h1-12,15,23H,13-14H2. The van der Waals surface area contributed by atoms with E-state index in [1.807, 2.05) is 22.6 Å². The Morgan fingerprint density at radius 3 is 2.67 bits per heavy atom. The molecule has 132 valence electrons. The second-order valence-corrected chi connectivity index (χ2v) is 6.51. The Morgan fingerprint density at radius 2 is 1.81 bits per heavy atom. The van der Waals surface area contributed by atoms with Crippen molar-refractivity contribution in [1.82, 2.24) is 19.9 Å². The number of nitrogens with zero attached hydrogens (tertiary/aromatic N) is 3. The van der Waals surface area contributed by atoms with Gasteiger partial charge in [-0.1, -0.05) is 42.5 Å². The summed E-state index contributed by atoms with van der Waals surface area (Å²) in [7, 11) is 0. The van der Waals surface area contributed by atoms with Gasteiger partial charge in [-0.15, -0.1) is 10.2 Å². The van der Waals surface area contributed by atoms with Crippen LogP contribution >= 0.6 is 0 Å². The van der Waals surface area contributed by atoms with Gasteiger partial charge in [-0.3, -0.25) is 4.40 Å². The Hall–Kier alpha value is -3.44. The van der Waals surface area contributed by atoms with E-state index < -0.39 is 0 Å². The quantitative estimate of drug-likeness (QED) is 0.507. The average Bonchev–Trinajstić information content (AvgIpc) is 3.40. The molecule has 2 aromatic carbocycles. The molecule has 0 aliphatic heterocycles. The van der Waals surface area contributed by atoms with E-state index >= 15 is 0 Å². The number of hydrogen-bond acceptors (Lipinski definition) is 4. The highest BCUT2D eigenvalue weighted by molar-refractivity contribution is 5.97. The minimum Gasteiger partial charge on any atom is -0.468 e. The van der Waals surface area contributed by atoms with Crippen LogP contribution in [0.2, 0.25) is 0 Å². The number of nitrogens with one attached hydrogen (secondary N) is 1. The zero-order chi connectivity index (χ0) is 18.1. The van der Waals surface area contributed by atoms with Crippen LogP contribution in [0, 0.1) is 0 Å². The fourth-order valence-electron chi connectivity index (χ4n) is 3.43. The topological polar surface area (TPSA) is 55.4 Å². The predicted molar refractivity (Wildman–Crippen MR) is 105 cm³/mol. The van der Waals surface area contributed by atoms with E-state index in [0.29, 0.717) is 0 Å². The van der Waals surface area contributed by atoms with E-state index in [-0.39, 0.29) is 0 Å². The van der Waals surface area contributed by atoms with Gasteiger partial charge in [0, 0.05) is 11.9 Å². The van der Waals surface area contributed by atoms with Crippen LogP contribution in [-0.2, 0) is 13.1 Å². The van der Waals surface area contributed by atoms with Gasteiger partial charge in [0.05, 0.1) is 18.3 Å². The molecule has 0 saturated carbocycles. The monoisotopic (exact) mass is 354 g/mol. The van der Waals surface area contributed by atoms with Gasteiger partial charge in [-0.25, -0.2) is 0 Å². The Labute approximate surface area is 156 Å². The fourth-order valence-corrected chi connectivity index (χ4v) is 3.43. The molecular formula is C22H18N4O. The van der Waals surface area contributed by atoms with Crippen LogP contribution in [0.1, 0.15) is 11.3 Å². The van der Waals surface area contributed by atoms with Gasteiger partial charge in [-0.05, 0) is 41.0 Å². The number of rotatable bonds is 5. The summed E-state index contributed by atoms with van der Waals surface area (Å²) in [6, 6.07) is 23.0. The average molecular weight is 354 g/mol. The van der Waals surface area contributed by atoms with Gasteiger partial charge in [0.15, 0.2) is 5.65 Å². The van der Waals surface area contributed by atoms with Crippen LogP contribution in [0.15, 0.2) is 83.7 Å². The zero-order valence-corrected chi connectivity index (χ0v) is 14.7. The Bertz CT molecular complexity index is 1190. The molecule has 5 aromatic rings. The third-order valence-corrected chi connectivity index (χ3v) is 4.77. The van der Waals surface area contributed by atoms with Crippen molar-refractivity contribution in [1.29, 1.82) is 0 Å². The molecule has 0 amide bonds. The number of para-hydroxylation sites is 1. The van der Waals surface area contributed by atoms with Crippen LogP contribution in [0.3, 0.4) is 0 Å². The number of furan rings is 1. The lowest BCUT2D eigenvalue weighted by atomic mass is 10.00. The molecule has 0 aliphatic rings. The third kappa shape index (κ3) is 2.98. The first-order valence-corrected chi connectivity index (χ1v) is 8.92. The molecule has 5 heteroatoms. The van der Waals surface area contributed by atoms with E-state index in [2.05, 4.69) is 64.0 Å². The number of fused-ring (bicyclic) bond motifs is 3. The van der Waals surface area contributed by atoms with Crippen LogP contribution < -0.4 is 5.32 Å². The molecular weight excluding hydrogens is 336 g/mol. The van der Waals surface area contributed by atoms with Crippen LogP contribution in [0.25, 0.3) is 27.7 Å². The molecule has 0 bridgehead atoms. The van der Waals surface area contributed by atoms with Crippen LogP contribution in [0.4, 0.5) is 0 Å². The minimum atomic E-state index is 0.725. The van der Waals surface area contributed by atoms with Crippen molar-refractivity contribution < 1.29 is 4.42 Å². The molecule has 0 aliphatic carbocycles. The van der Waals surface area contributed by atoms with E-state index in [4.69, 9.17) is 4.42 Å². The first kappa shape index (κ1) is 15.8. The van der Waals surface area contributed by atoms with Crippen LogP contribution in [0.5, 0.6) is 0 Å². The highest BCUT2D eigenvalue weighted by Gasteiger charge is 2.09. The molecule has 5 nitrogen and oxygen atoms in total. The molecule has 3 heterocycles. The predicted octanol–water partition coefficient (Wildman–Crippen LogP) is 4.43. The molecule has 0 fully saturated rings. The van der Waals surface area contributed by atoms with E-state index in [0.717, 1.165) is 30.0 Å². The maximum Gasteiger partial charge on any atom is 0.161 e. The summed E-state index contributed by atoms with van der Waals surface area (Å²) < 4.78 is 7.36. The summed E-state index contributed by atoms with van der Waals surface area (Å²) >= 11 is 0. The summed E-state index contributed by atoms with van der Waals surface area (Å²) in [6.45, 7) is 1.52. The van der Waals surface area contributed by atoms with Crippen molar-refractivity contribution in [3.63, 3.8) is 0 Å². The number of pyridine rings is 1. The largest absolute Gasteiger partial charge is 0.468 e. The van der Waals surface area contributed by atoms with Crippen molar-refractivity contribution >= 4 is 16.6 Å². The first-order chi connectivity index (χ1) is 13.4. The Kier molecular flexibility index (Phi) is 3.92. The van der Waals surface area contributed by atoms with Crippen molar-refractivity contribution in [2.24, 2.45) is 0 Å². The first-order valence-electron chi connectivity index (χ1n) is 8.92. The lowest BCUT2D eigenvalue weighted by Gasteiger charge is -2.10. The highest BCUT2D eigenvalue weighted by Crippen LogP contribution is 2.30. The molecule has 0 spiro atoms. The SMILES string of the molecule is c1coc(CNCc2ccc(-c3cc4nncn4c4ccccc34)cc2)c1. The summed E-state index contributed by atoms with van der Waals surface area (Å²) in [4.78, 5) is 0. The summed E-state index contributed by atoms with van der Waals surface area (Å²) in [5.74, 6) is 0.944. The van der Waals surface area contributed by atoms with Crippen molar-refractivity contribution in [2.45, 2.75) is 13.1 Å². The molecule has 0 atom stereocenters. The highest BCUT2D eigenvalue weighted by atomic mass is 16.3. The van der Waals surface area contributed by atoms with Crippen LogP contribution in [-0.4, -0.2) is 14.6 Å².